The molecule has 4 atom stereocenters. The fraction of sp³-hybridized carbons (Fsp3) is 0.500. The zero-order chi connectivity index (χ0) is 14.0. The van der Waals surface area contributed by atoms with Gasteiger partial charge in [0.1, 0.15) is 0 Å². The third-order valence-electron chi connectivity index (χ3n) is 6.06. The van der Waals surface area contributed by atoms with Crippen molar-refractivity contribution in [2.45, 2.75) is 31.8 Å². The summed E-state index contributed by atoms with van der Waals surface area (Å²) < 4.78 is 0. The smallest absolute Gasteiger partial charge is 0.0726 e. The molecule has 3 aliphatic rings. The van der Waals surface area contributed by atoms with Crippen molar-refractivity contribution in [2.24, 2.45) is 23.7 Å². The molecule has 3 aliphatic carbocycles. The van der Waals surface area contributed by atoms with Crippen molar-refractivity contribution in [3.05, 3.63) is 36.0 Å². The summed E-state index contributed by atoms with van der Waals surface area (Å²) in [6.45, 7) is 0.853. The first-order valence-corrected chi connectivity index (χ1v) is 8.19. The van der Waals surface area contributed by atoms with Crippen LogP contribution < -0.4 is 11.1 Å². The number of nitrogens with one attached hydrogen (secondary N) is 1. The summed E-state index contributed by atoms with van der Waals surface area (Å²) in [5.41, 5.74) is 9.08. The molecule has 0 radical (unpaired) electrons. The largest absolute Gasteiger partial charge is 0.398 e. The maximum atomic E-state index is 6.16. The fourth-order valence-corrected chi connectivity index (χ4v) is 5.17. The predicted octanol–water partition coefficient (Wildman–Crippen LogP) is 2.95. The van der Waals surface area contributed by atoms with Gasteiger partial charge in [0.25, 0.3) is 0 Å². The standard InChI is InChI=1S/C18H21N3/c19-14-8-12(21-15-4-2-1-3-13(14)15)9-20-18-16-10-5-6-11(7-10)17(16)18/h1-4,8,10-11,16-18,20H,5-7,9H2,(H2,19,21). The van der Waals surface area contributed by atoms with Crippen LogP contribution in [0.15, 0.2) is 30.3 Å². The van der Waals surface area contributed by atoms with E-state index in [-0.39, 0.29) is 0 Å². The van der Waals surface area contributed by atoms with E-state index in [1.165, 1.54) is 19.3 Å². The highest BCUT2D eigenvalue weighted by molar-refractivity contribution is 5.90. The molecule has 108 valence electrons. The van der Waals surface area contributed by atoms with Gasteiger partial charge >= 0.3 is 0 Å². The number of para-hydroxylation sites is 1. The van der Waals surface area contributed by atoms with E-state index in [2.05, 4.69) is 5.32 Å². The van der Waals surface area contributed by atoms with Crippen molar-refractivity contribution in [3.8, 4) is 0 Å². The average molecular weight is 279 g/mol. The van der Waals surface area contributed by atoms with E-state index >= 15 is 0 Å². The van der Waals surface area contributed by atoms with Crippen molar-refractivity contribution in [2.75, 3.05) is 5.73 Å². The SMILES string of the molecule is Nc1cc(CNC2C3C4CCC(C4)C23)nc2ccccc12. The molecule has 1 aromatic carbocycles. The van der Waals surface area contributed by atoms with Crippen molar-refractivity contribution >= 4 is 16.6 Å². The molecule has 0 spiro atoms. The van der Waals surface area contributed by atoms with Crippen LogP contribution in [0.1, 0.15) is 25.0 Å². The zero-order valence-corrected chi connectivity index (χ0v) is 12.1. The Balaban J connectivity index is 1.33. The summed E-state index contributed by atoms with van der Waals surface area (Å²) in [4.78, 5) is 4.74. The van der Waals surface area contributed by atoms with Crippen LogP contribution in [0.2, 0.25) is 0 Å². The van der Waals surface area contributed by atoms with E-state index in [1.54, 1.807) is 0 Å². The summed E-state index contributed by atoms with van der Waals surface area (Å²) in [5, 5.41) is 4.81. The van der Waals surface area contributed by atoms with Crippen LogP contribution in [0.4, 0.5) is 5.69 Å². The van der Waals surface area contributed by atoms with Crippen LogP contribution >= 0.6 is 0 Å². The molecule has 0 amide bonds. The van der Waals surface area contributed by atoms with E-state index in [9.17, 15) is 0 Å². The van der Waals surface area contributed by atoms with E-state index < -0.39 is 0 Å². The van der Waals surface area contributed by atoms with Crippen LogP contribution in [-0.4, -0.2) is 11.0 Å². The predicted molar refractivity (Wildman–Crippen MR) is 84.6 cm³/mol. The molecule has 1 aromatic heterocycles. The number of hydrogen-bond acceptors (Lipinski definition) is 3. The van der Waals surface area contributed by atoms with Gasteiger partial charge in [-0.25, -0.2) is 0 Å². The molecule has 1 heterocycles. The van der Waals surface area contributed by atoms with E-state index in [0.29, 0.717) is 0 Å². The van der Waals surface area contributed by atoms with Crippen LogP contribution in [0.3, 0.4) is 0 Å². The molecule has 5 rings (SSSR count). The number of anilines is 1. The van der Waals surface area contributed by atoms with Gasteiger partial charge in [0.15, 0.2) is 0 Å². The van der Waals surface area contributed by atoms with Gasteiger partial charge in [0.2, 0.25) is 0 Å². The first kappa shape index (κ1) is 12.0. The van der Waals surface area contributed by atoms with Gasteiger partial charge in [-0.05, 0) is 55.1 Å². The lowest BCUT2D eigenvalue weighted by molar-refractivity contribution is 0.456. The highest BCUT2D eigenvalue weighted by atomic mass is 15.0. The van der Waals surface area contributed by atoms with Gasteiger partial charge in [-0.3, -0.25) is 4.98 Å². The zero-order valence-electron chi connectivity index (χ0n) is 12.1. The van der Waals surface area contributed by atoms with Crippen LogP contribution in [0.5, 0.6) is 0 Å². The Labute approximate surface area is 124 Å². The minimum absolute atomic E-state index is 0.755. The van der Waals surface area contributed by atoms with Gasteiger partial charge in [0, 0.05) is 23.7 Å². The lowest BCUT2D eigenvalue weighted by Gasteiger charge is -2.11. The summed E-state index contributed by atoms with van der Waals surface area (Å²) in [5.74, 6) is 3.99. The van der Waals surface area contributed by atoms with Crippen molar-refractivity contribution in [1.82, 2.24) is 10.3 Å². The Morgan fingerprint density at radius 1 is 1.14 bits per heavy atom. The molecule has 3 heteroatoms. The second-order valence-electron chi connectivity index (χ2n) is 7.11. The number of benzene rings is 1. The molecule has 3 fully saturated rings. The monoisotopic (exact) mass is 279 g/mol. The topological polar surface area (TPSA) is 50.9 Å². The Bertz CT molecular complexity index is 695. The number of pyridine rings is 1. The van der Waals surface area contributed by atoms with Gasteiger partial charge < -0.3 is 11.1 Å². The molecule has 3 nitrogen and oxygen atoms in total. The highest BCUT2D eigenvalue weighted by Gasteiger charge is 2.64. The summed E-state index contributed by atoms with van der Waals surface area (Å²) in [6, 6.07) is 10.9. The molecule has 4 unspecified atom stereocenters. The summed E-state index contributed by atoms with van der Waals surface area (Å²) >= 11 is 0. The molecule has 2 bridgehead atoms. The fourth-order valence-electron chi connectivity index (χ4n) is 5.17. The van der Waals surface area contributed by atoms with Crippen LogP contribution in [0, 0.1) is 23.7 Å². The molecule has 0 saturated heterocycles. The van der Waals surface area contributed by atoms with Gasteiger partial charge in [0.05, 0.1) is 11.2 Å². The normalized spacial score (nSPS) is 36.1. The molecule has 3 saturated carbocycles. The molecular formula is C18H21N3. The average Bonchev–Trinajstić information content (AvgIpc) is 2.88. The quantitative estimate of drug-likeness (QED) is 0.908. The maximum absolute atomic E-state index is 6.16. The van der Waals surface area contributed by atoms with Crippen molar-refractivity contribution < 1.29 is 0 Å². The lowest BCUT2D eigenvalue weighted by atomic mass is 10.0. The minimum Gasteiger partial charge on any atom is -0.398 e. The number of nitrogen functional groups attached to an aromatic ring is 1. The number of nitrogens with zero attached hydrogens (tertiary/aromatic N) is 1. The number of fused-ring (bicyclic) bond motifs is 6. The van der Waals surface area contributed by atoms with Crippen molar-refractivity contribution in [1.29, 1.82) is 0 Å². The summed E-state index contributed by atoms with van der Waals surface area (Å²) in [6.07, 6.45) is 4.46. The van der Waals surface area contributed by atoms with Gasteiger partial charge in [-0.15, -0.1) is 0 Å². The molecule has 2 aromatic rings. The molecule has 0 aliphatic heterocycles. The third kappa shape index (κ3) is 1.73. The third-order valence-corrected chi connectivity index (χ3v) is 6.06. The first-order valence-electron chi connectivity index (χ1n) is 8.19. The van der Waals surface area contributed by atoms with E-state index in [0.717, 1.165) is 58.5 Å². The molecule has 21 heavy (non-hydrogen) atoms. The van der Waals surface area contributed by atoms with E-state index in [4.69, 9.17) is 10.7 Å². The summed E-state index contributed by atoms with van der Waals surface area (Å²) in [7, 11) is 0. The number of nitrogens with two attached hydrogens (primary N) is 1. The number of hydrogen-bond donors (Lipinski definition) is 2. The molecular weight excluding hydrogens is 258 g/mol. The second-order valence-corrected chi connectivity index (χ2v) is 7.11. The van der Waals surface area contributed by atoms with Crippen LogP contribution in [-0.2, 0) is 6.54 Å². The Kier molecular flexibility index (Phi) is 2.40. The van der Waals surface area contributed by atoms with Gasteiger partial charge in [-0.1, -0.05) is 18.2 Å². The Morgan fingerprint density at radius 2 is 1.90 bits per heavy atom. The Hall–Kier alpha value is -1.61. The van der Waals surface area contributed by atoms with E-state index in [1.807, 2.05) is 30.3 Å². The minimum atomic E-state index is 0.755. The molecule has 3 N–H and O–H groups in total. The number of aromatic nitrogens is 1. The lowest BCUT2D eigenvalue weighted by Crippen LogP contribution is -2.23. The number of rotatable bonds is 3. The highest BCUT2D eigenvalue weighted by Crippen LogP contribution is 2.65. The Morgan fingerprint density at radius 3 is 2.71 bits per heavy atom. The van der Waals surface area contributed by atoms with Gasteiger partial charge in [-0.2, -0.15) is 0 Å². The van der Waals surface area contributed by atoms with Crippen LogP contribution in [0.25, 0.3) is 10.9 Å². The van der Waals surface area contributed by atoms with Crippen molar-refractivity contribution in [3.63, 3.8) is 0 Å². The maximum Gasteiger partial charge on any atom is 0.0726 e. The second kappa shape index (κ2) is 4.20. The first-order chi connectivity index (χ1) is 10.3.